The molecule has 0 spiro atoms. The van der Waals surface area contributed by atoms with Crippen LogP contribution in [0.4, 0.5) is 0 Å². The molecule has 1 aliphatic carbocycles. The Bertz CT molecular complexity index is 490. The summed E-state index contributed by atoms with van der Waals surface area (Å²) in [5.41, 5.74) is 1.08. The minimum absolute atomic E-state index is 0.00648. The van der Waals surface area contributed by atoms with Gasteiger partial charge in [0.2, 0.25) is 0 Å². The molecule has 0 radical (unpaired) electrons. The maximum atomic E-state index is 12.3. The monoisotopic (exact) mass is 288 g/mol. The van der Waals surface area contributed by atoms with Crippen LogP contribution in [-0.2, 0) is 4.74 Å². The molecular formula is C18H24O3. The average Bonchev–Trinajstić information content (AvgIpc) is 2.47. The first-order valence-electron chi connectivity index (χ1n) is 7.77. The summed E-state index contributed by atoms with van der Waals surface area (Å²) in [6.45, 7) is 6.61. The Hall–Kier alpha value is -1.64. The summed E-state index contributed by atoms with van der Waals surface area (Å²) in [5, 5.41) is 0. The lowest BCUT2D eigenvalue weighted by Crippen LogP contribution is -2.35. The topological polar surface area (TPSA) is 43.4 Å². The minimum atomic E-state index is -0.280. The van der Waals surface area contributed by atoms with E-state index in [-0.39, 0.29) is 12.1 Å². The van der Waals surface area contributed by atoms with Crippen LogP contribution in [0.2, 0.25) is 0 Å². The van der Waals surface area contributed by atoms with E-state index in [4.69, 9.17) is 4.74 Å². The third kappa shape index (κ3) is 3.93. The van der Waals surface area contributed by atoms with E-state index in [1.54, 1.807) is 24.3 Å². The van der Waals surface area contributed by atoms with Crippen LogP contribution >= 0.6 is 0 Å². The van der Waals surface area contributed by atoms with Crippen molar-refractivity contribution in [1.82, 2.24) is 0 Å². The number of hydrogen-bond donors (Lipinski definition) is 0. The highest BCUT2D eigenvalue weighted by Gasteiger charge is 2.33. The van der Waals surface area contributed by atoms with Crippen LogP contribution in [0, 0.1) is 17.8 Å². The van der Waals surface area contributed by atoms with Crippen LogP contribution in [0.15, 0.2) is 24.3 Å². The molecule has 0 amide bonds. The lowest BCUT2D eigenvalue weighted by Gasteiger charge is -2.36. The molecule has 0 saturated heterocycles. The van der Waals surface area contributed by atoms with Gasteiger partial charge in [-0.3, -0.25) is 4.79 Å². The van der Waals surface area contributed by atoms with Gasteiger partial charge in [0, 0.05) is 5.56 Å². The Morgan fingerprint density at radius 1 is 1.24 bits per heavy atom. The number of hydrogen-bond acceptors (Lipinski definition) is 3. The second-order valence-corrected chi connectivity index (χ2v) is 6.51. The van der Waals surface area contributed by atoms with Gasteiger partial charge in [-0.05, 0) is 42.7 Å². The second kappa shape index (κ2) is 6.88. The van der Waals surface area contributed by atoms with Crippen molar-refractivity contribution in [2.45, 2.75) is 46.1 Å². The van der Waals surface area contributed by atoms with Crippen molar-refractivity contribution in [3.63, 3.8) is 0 Å². The molecule has 114 valence electrons. The molecule has 0 aromatic heterocycles. The first kappa shape index (κ1) is 15.7. The summed E-state index contributed by atoms with van der Waals surface area (Å²) in [7, 11) is 0. The Morgan fingerprint density at radius 3 is 2.48 bits per heavy atom. The molecule has 2 rings (SSSR count). The quantitative estimate of drug-likeness (QED) is 0.618. The zero-order chi connectivity index (χ0) is 15.4. The molecule has 1 aliphatic rings. The number of esters is 1. The van der Waals surface area contributed by atoms with Crippen molar-refractivity contribution in [1.29, 1.82) is 0 Å². The van der Waals surface area contributed by atoms with Crippen LogP contribution in [0.3, 0.4) is 0 Å². The molecule has 1 saturated carbocycles. The van der Waals surface area contributed by atoms with Crippen LogP contribution < -0.4 is 0 Å². The molecule has 3 nitrogen and oxygen atoms in total. The standard InChI is InChI=1S/C18H24O3/c1-12(2)16-9-4-13(3)10-17(16)21-18(20)15-7-5-14(11-19)6-8-15/h5-8,11-13,16-17H,4,9-10H2,1-3H3/t13-,16+,17-/m1/s1. The first-order valence-corrected chi connectivity index (χ1v) is 7.77. The predicted molar refractivity (Wildman–Crippen MR) is 82.4 cm³/mol. The third-order valence-corrected chi connectivity index (χ3v) is 4.50. The first-order chi connectivity index (χ1) is 10.0. The summed E-state index contributed by atoms with van der Waals surface area (Å²) in [6.07, 6.45) is 4.06. The van der Waals surface area contributed by atoms with Gasteiger partial charge in [0.15, 0.2) is 0 Å². The Balaban J connectivity index is 2.06. The van der Waals surface area contributed by atoms with Crippen LogP contribution in [0.25, 0.3) is 0 Å². The van der Waals surface area contributed by atoms with Gasteiger partial charge in [-0.1, -0.05) is 39.3 Å². The Morgan fingerprint density at radius 2 is 1.90 bits per heavy atom. The normalized spacial score (nSPS) is 25.6. The molecule has 0 heterocycles. The van der Waals surface area contributed by atoms with Crippen molar-refractivity contribution < 1.29 is 14.3 Å². The average molecular weight is 288 g/mol. The summed E-state index contributed by atoms with van der Waals surface area (Å²) in [5.74, 6) is 1.29. The number of ether oxygens (including phenoxy) is 1. The molecule has 1 aromatic carbocycles. The van der Waals surface area contributed by atoms with E-state index in [2.05, 4.69) is 20.8 Å². The lowest BCUT2D eigenvalue weighted by molar-refractivity contribution is -0.0174. The van der Waals surface area contributed by atoms with Crippen molar-refractivity contribution >= 4 is 12.3 Å². The Kier molecular flexibility index (Phi) is 5.16. The van der Waals surface area contributed by atoms with Crippen LogP contribution in [-0.4, -0.2) is 18.4 Å². The van der Waals surface area contributed by atoms with Gasteiger partial charge in [-0.15, -0.1) is 0 Å². The van der Waals surface area contributed by atoms with E-state index in [0.29, 0.717) is 28.9 Å². The Labute approximate surface area is 126 Å². The van der Waals surface area contributed by atoms with Gasteiger partial charge in [0.25, 0.3) is 0 Å². The highest BCUT2D eigenvalue weighted by atomic mass is 16.5. The molecule has 1 aromatic rings. The fourth-order valence-electron chi connectivity index (χ4n) is 3.15. The molecule has 0 N–H and O–H groups in total. The lowest BCUT2D eigenvalue weighted by atomic mass is 9.75. The predicted octanol–water partition coefficient (Wildman–Crippen LogP) is 4.12. The fraction of sp³-hybridized carbons (Fsp3) is 0.556. The SMILES string of the molecule is CC(C)[C@@H]1CC[C@@H](C)C[C@H]1OC(=O)c1ccc(C=O)cc1. The zero-order valence-electron chi connectivity index (χ0n) is 13.0. The van der Waals surface area contributed by atoms with E-state index >= 15 is 0 Å². The number of carbonyl (C=O) groups excluding carboxylic acids is 2. The molecule has 1 fully saturated rings. The number of aldehydes is 1. The van der Waals surface area contributed by atoms with Gasteiger partial charge < -0.3 is 4.74 Å². The van der Waals surface area contributed by atoms with Gasteiger partial charge in [0.05, 0.1) is 5.56 Å². The second-order valence-electron chi connectivity index (χ2n) is 6.51. The van der Waals surface area contributed by atoms with Crippen molar-refractivity contribution in [3.8, 4) is 0 Å². The molecule has 3 heteroatoms. The van der Waals surface area contributed by atoms with Gasteiger partial charge >= 0.3 is 5.97 Å². The van der Waals surface area contributed by atoms with Crippen molar-refractivity contribution in [2.75, 3.05) is 0 Å². The molecule has 3 atom stereocenters. The third-order valence-electron chi connectivity index (χ3n) is 4.50. The minimum Gasteiger partial charge on any atom is -0.458 e. The van der Waals surface area contributed by atoms with Crippen molar-refractivity contribution in [3.05, 3.63) is 35.4 Å². The zero-order valence-corrected chi connectivity index (χ0v) is 13.0. The molecule has 0 aliphatic heterocycles. The summed E-state index contributed by atoms with van der Waals surface area (Å²) < 4.78 is 5.77. The van der Waals surface area contributed by atoms with Gasteiger partial charge in [-0.2, -0.15) is 0 Å². The van der Waals surface area contributed by atoms with Gasteiger partial charge in [-0.25, -0.2) is 4.79 Å². The van der Waals surface area contributed by atoms with Gasteiger partial charge in [0.1, 0.15) is 12.4 Å². The van der Waals surface area contributed by atoms with Crippen LogP contribution in [0.1, 0.15) is 60.7 Å². The van der Waals surface area contributed by atoms with E-state index in [0.717, 1.165) is 19.1 Å². The maximum Gasteiger partial charge on any atom is 0.338 e. The smallest absolute Gasteiger partial charge is 0.338 e. The van der Waals surface area contributed by atoms with E-state index in [1.165, 1.54) is 6.42 Å². The van der Waals surface area contributed by atoms with Crippen LogP contribution in [0.5, 0.6) is 0 Å². The fourth-order valence-corrected chi connectivity index (χ4v) is 3.15. The summed E-state index contributed by atoms with van der Waals surface area (Å²) in [6, 6.07) is 6.60. The highest BCUT2D eigenvalue weighted by Crippen LogP contribution is 2.35. The molecular weight excluding hydrogens is 264 g/mol. The summed E-state index contributed by atoms with van der Waals surface area (Å²) >= 11 is 0. The molecule has 0 bridgehead atoms. The van der Waals surface area contributed by atoms with E-state index in [9.17, 15) is 9.59 Å². The molecule has 21 heavy (non-hydrogen) atoms. The van der Waals surface area contributed by atoms with Crippen molar-refractivity contribution in [2.24, 2.45) is 17.8 Å². The maximum absolute atomic E-state index is 12.3. The largest absolute Gasteiger partial charge is 0.458 e. The number of benzene rings is 1. The summed E-state index contributed by atoms with van der Waals surface area (Å²) in [4.78, 5) is 22.9. The number of carbonyl (C=O) groups is 2. The number of rotatable bonds is 4. The van der Waals surface area contributed by atoms with E-state index < -0.39 is 0 Å². The highest BCUT2D eigenvalue weighted by molar-refractivity contribution is 5.90. The van der Waals surface area contributed by atoms with E-state index in [1.807, 2.05) is 0 Å². The molecule has 0 unspecified atom stereocenters.